The normalized spacial score (nSPS) is 11.8. The Bertz CT molecular complexity index is 629. The molecule has 4 N–H and O–H groups in total. The van der Waals surface area contributed by atoms with E-state index in [4.69, 9.17) is 5.73 Å². The Morgan fingerprint density at radius 1 is 1.56 bits per heavy atom. The number of nitrogen functional groups attached to an aromatic ring is 1. The van der Waals surface area contributed by atoms with Crippen molar-refractivity contribution >= 4 is 15.8 Å². The van der Waals surface area contributed by atoms with Crippen molar-refractivity contribution in [2.24, 2.45) is 7.05 Å². The first-order valence-corrected chi connectivity index (χ1v) is 6.60. The topological polar surface area (TPSA) is 132 Å². The van der Waals surface area contributed by atoms with Gasteiger partial charge in [-0.25, -0.2) is 13.1 Å². The summed E-state index contributed by atoms with van der Waals surface area (Å²) in [5, 5.41) is 13.5. The van der Waals surface area contributed by atoms with Crippen molar-refractivity contribution in [2.75, 3.05) is 12.3 Å². The summed E-state index contributed by atoms with van der Waals surface area (Å²) in [6.07, 6.45) is 3.16. The van der Waals surface area contributed by atoms with Gasteiger partial charge in [-0.15, -0.1) is 10.2 Å². The van der Waals surface area contributed by atoms with E-state index < -0.39 is 10.0 Å². The quantitative estimate of drug-likeness (QED) is 0.615. The molecule has 0 aliphatic heterocycles. The fourth-order valence-electron chi connectivity index (χ4n) is 1.41. The molecule has 2 heterocycles. The smallest absolute Gasteiger partial charge is 0.245 e. The summed E-state index contributed by atoms with van der Waals surface area (Å²) in [7, 11) is -1.85. The molecule has 0 saturated carbocycles. The van der Waals surface area contributed by atoms with Crippen LogP contribution in [-0.4, -0.2) is 39.9 Å². The minimum Gasteiger partial charge on any atom is -0.383 e. The zero-order valence-electron chi connectivity index (χ0n) is 9.66. The molecular formula is C8H13N7O2S. The average Bonchev–Trinajstić information content (AvgIpc) is 2.88. The molecule has 0 fully saturated rings. The van der Waals surface area contributed by atoms with Crippen LogP contribution in [0.15, 0.2) is 17.4 Å². The maximum absolute atomic E-state index is 11.8. The molecule has 2 aromatic heterocycles. The highest BCUT2D eigenvalue weighted by Gasteiger charge is 2.18. The lowest BCUT2D eigenvalue weighted by molar-refractivity contribution is 0.580. The molecule has 0 unspecified atom stereocenters. The second-order valence-corrected chi connectivity index (χ2v) is 5.39. The molecule has 98 valence electrons. The van der Waals surface area contributed by atoms with Crippen LogP contribution >= 0.6 is 0 Å². The van der Waals surface area contributed by atoms with Gasteiger partial charge in [-0.05, 0) is 0 Å². The fourth-order valence-corrected chi connectivity index (χ4v) is 2.46. The minimum absolute atomic E-state index is 0.0150. The summed E-state index contributed by atoms with van der Waals surface area (Å²) >= 11 is 0. The Balaban J connectivity index is 1.99. The minimum atomic E-state index is -3.64. The van der Waals surface area contributed by atoms with E-state index in [-0.39, 0.29) is 17.3 Å². The Labute approximate surface area is 103 Å². The zero-order chi connectivity index (χ0) is 13.2. The van der Waals surface area contributed by atoms with Crippen molar-refractivity contribution in [3.8, 4) is 0 Å². The highest BCUT2D eigenvalue weighted by molar-refractivity contribution is 7.89. The third kappa shape index (κ3) is 2.49. The van der Waals surface area contributed by atoms with Crippen LogP contribution in [0.3, 0.4) is 0 Å². The molecule has 9 nitrogen and oxygen atoms in total. The van der Waals surface area contributed by atoms with Crippen LogP contribution in [-0.2, 0) is 23.5 Å². The molecule has 0 aliphatic carbocycles. The van der Waals surface area contributed by atoms with Crippen molar-refractivity contribution in [2.45, 2.75) is 11.3 Å². The summed E-state index contributed by atoms with van der Waals surface area (Å²) in [6.45, 7) is 0.208. The van der Waals surface area contributed by atoms with Crippen LogP contribution in [0, 0.1) is 0 Å². The van der Waals surface area contributed by atoms with Crippen LogP contribution in [0.1, 0.15) is 5.82 Å². The Hall–Kier alpha value is -1.94. The van der Waals surface area contributed by atoms with Crippen LogP contribution in [0.4, 0.5) is 5.82 Å². The van der Waals surface area contributed by atoms with Crippen LogP contribution < -0.4 is 10.5 Å². The molecule has 0 radical (unpaired) electrons. The van der Waals surface area contributed by atoms with Gasteiger partial charge in [0, 0.05) is 20.0 Å². The molecule has 2 aromatic rings. The largest absolute Gasteiger partial charge is 0.383 e. The van der Waals surface area contributed by atoms with Crippen molar-refractivity contribution in [3.05, 3.63) is 18.3 Å². The van der Waals surface area contributed by atoms with Gasteiger partial charge < -0.3 is 10.3 Å². The summed E-state index contributed by atoms with van der Waals surface area (Å²) in [5.41, 5.74) is 5.45. The number of nitrogens with zero attached hydrogens (tertiary/aromatic N) is 4. The molecule has 0 bridgehead atoms. The lowest BCUT2D eigenvalue weighted by Gasteiger charge is -2.05. The highest BCUT2D eigenvalue weighted by Crippen LogP contribution is 2.13. The predicted octanol–water partition coefficient (Wildman–Crippen LogP) is -1.36. The molecule has 0 atom stereocenters. The van der Waals surface area contributed by atoms with E-state index >= 15 is 0 Å². The molecular weight excluding hydrogens is 258 g/mol. The van der Waals surface area contributed by atoms with Crippen molar-refractivity contribution in [1.82, 2.24) is 29.7 Å². The Morgan fingerprint density at radius 2 is 2.33 bits per heavy atom. The van der Waals surface area contributed by atoms with Crippen LogP contribution in [0.25, 0.3) is 0 Å². The number of rotatable bonds is 5. The zero-order valence-corrected chi connectivity index (χ0v) is 10.5. The van der Waals surface area contributed by atoms with E-state index in [1.54, 1.807) is 17.9 Å². The van der Waals surface area contributed by atoms with Crippen LogP contribution in [0.5, 0.6) is 0 Å². The first kappa shape index (κ1) is 12.5. The van der Waals surface area contributed by atoms with Gasteiger partial charge in [0.05, 0.1) is 6.20 Å². The molecule has 2 rings (SSSR count). The van der Waals surface area contributed by atoms with E-state index in [1.165, 1.54) is 6.20 Å². The summed E-state index contributed by atoms with van der Waals surface area (Å²) in [4.78, 5) is -0.0551. The number of nitrogens with one attached hydrogen (secondary N) is 2. The van der Waals surface area contributed by atoms with Gasteiger partial charge in [0.1, 0.15) is 22.9 Å². The standard InChI is InChI=1S/C8H13N7O2S/c1-15-5-11-13-7(15)2-3-12-18(16,17)6-4-10-14-8(6)9/h4-5,12H,2-3H2,1H3,(H3,9,10,14). The average molecular weight is 271 g/mol. The predicted molar refractivity (Wildman–Crippen MR) is 62.9 cm³/mol. The summed E-state index contributed by atoms with van der Waals surface area (Å²) in [5.74, 6) is 0.707. The number of hydrogen-bond donors (Lipinski definition) is 3. The molecule has 0 saturated heterocycles. The van der Waals surface area contributed by atoms with E-state index in [2.05, 4.69) is 25.1 Å². The van der Waals surface area contributed by atoms with E-state index in [9.17, 15) is 8.42 Å². The summed E-state index contributed by atoms with van der Waals surface area (Å²) in [6, 6.07) is 0. The van der Waals surface area contributed by atoms with Gasteiger partial charge in [0.25, 0.3) is 0 Å². The summed E-state index contributed by atoms with van der Waals surface area (Å²) < 4.78 is 27.8. The molecule has 0 spiro atoms. The van der Waals surface area contributed by atoms with Gasteiger partial charge in [0.2, 0.25) is 10.0 Å². The van der Waals surface area contributed by atoms with Gasteiger partial charge in [-0.2, -0.15) is 5.10 Å². The molecule has 0 aliphatic rings. The maximum atomic E-state index is 11.8. The third-order valence-electron chi connectivity index (χ3n) is 2.37. The lowest BCUT2D eigenvalue weighted by atomic mass is 10.4. The van der Waals surface area contributed by atoms with Gasteiger partial charge in [-0.3, -0.25) is 5.10 Å². The van der Waals surface area contributed by atoms with Crippen molar-refractivity contribution in [3.63, 3.8) is 0 Å². The maximum Gasteiger partial charge on any atom is 0.245 e. The number of hydrogen-bond acceptors (Lipinski definition) is 6. The number of aryl methyl sites for hydroxylation is 1. The Morgan fingerprint density at radius 3 is 2.89 bits per heavy atom. The SMILES string of the molecule is Cn1cnnc1CCNS(=O)(=O)c1cn[nH]c1N. The number of aromatic nitrogens is 5. The molecule has 10 heteroatoms. The number of sulfonamides is 1. The number of nitrogens with two attached hydrogens (primary N) is 1. The van der Waals surface area contributed by atoms with Gasteiger partial charge in [-0.1, -0.05) is 0 Å². The fraction of sp³-hybridized carbons (Fsp3) is 0.375. The first-order valence-electron chi connectivity index (χ1n) is 5.12. The second-order valence-electron chi connectivity index (χ2n) is 3.65. The van der Waals surface area contributed by atoms with Crippen LogP contribution in [0.2, 0.25) is 0 Å². The Kier molecular flexibility index (Phi) is 3.30. The monoisotopic (exact) mass is 271 g/mol. The first-order chi connectivity index (χ1) is 8.50. The van der Waals surface area contributed by atoms with Crippen molar-refractivity contribution < 1.29 is 8.42 Å². The number of H-pyrrole nitrogens is 1. The van der Waals surface area contributed by atoms with E-state index in [1.807, 2.05) is 0 Å². The van der Waals surface area contributed by atoms with Crippen molar-refractivity contribution in [1.29, 1.82) is 0 Å². The van der Waals surface area contributed by atoms with Gasteiger partial charge >= 0.3 is 0 Å². The molecule has 18 heavy (non-hydrogen) atoms. The highest BCUT2D eigenvalue weighted by atomic mass is 32.2. The number of aromatic amines is 1. The second kappa shape index (κ2) is 4.74. The van der Waals surface area contributed by atoms with E-state index in [0.29, 0.717) is 12.2 Å². The molecule has 0 amide bonds. The van der Waals surface area contributed by atoms with E-state index in [0.717, 1.165) is 0 Å². The number of anilines is 1. The third-order valence-corrected chi connectivity index (χ3v) is 3.86. The van der Waals surface area contributed by atoms with Gasteiger partial charge in [0.15, 0.2) is 0 Å². The molecule has 0 aromatic carbocycles. The lowest BCUT2D eigenvalue weighted by Crippen LogP contribution is -2.27.